The number of nitrogens with one attached hydrogen (secondary N) is 1. The normalized spacial score (nSPS) is 14.6. The molecule has 5 nitrogen and oxygen atoms in total. The van der Waals surface area contributed by atoms with E-state index < -0.39 is 0 Å². The van der Waals surface area contributed by atoms with Gasteiger partial charge in [-0.1, -0.05) is 78.9 Å². The quantitative estimate of drug-likeness (QED) is 0.457. The van der Waals surface area contributed by atoms with Gasteiger partial charge in [-0.15, -0.1) is 0 Å². The first-order valence-corrected chi connectivity index (χ1v) is 11.4. The first-order chi connectivity index (χ1) is 16.2. The van der Waals surface area contributed by atoms with Gasteiger partial charge < -0.3 is 9.88 Å². The Labute approximate surface area is 193 Å². The van der Waals surface area contributed by atoms with E-state index in [-0.39, 0.29) is 17.6 Å². The molecule has 4 aromatic rings. The maximum atomic E-state index is 13.6. The van der Waals surface area contributed by atoms with Gasteiger partial charge in [0.25, 0.3) is 0 Å². The second-order valence-corrected chi connectivity index (χ2v) is 8.53. The van der Waals surface area contributed by atoms with Gasteiger partial charge in [-0.2, -0.15) is 0 Å². The van der Waals surface area contributed by atoms with Crippen molar-refractivity contribution in [2.75, 3.05) is 32.7 Å². The zero-order chi connectivity index (χ0) is 22.6. The van der Waals surface area contributed by atoms with E-state index >= 15 is 0 Å². The van der Waals surface area contributed by atoms with Gasteiger partial charge in [0.1, 0.15) is 0 Å². The second-order valence-electron chi connectivity index (χ2n) is 8.53. The van der Waals surface area contributed by atoms with Gasteiger partial charge in [-0.05, 0) is 17.2 Å². The van der Waals surface area contributed by atoms with Crippen LogP contribution in [0, 0.1) is 0 Å². The van der Waals surface area contributed by atoms with Crippen molar-refractivity contribution in [3.8, 4) is 0 Å². The number of amides is 1. The molecule has 0 unspecified atom stereocenters. The molecule has 1 fully saturated rings. The van der Waals surface area contributed by atoms with Crippen molar-refractivity contribution in [3.05, 3.63) is 108 Å². The molecule has 0 saturated carbocycles. The number of carbonyl (C=O) groups excluding carboxylic acids is 2. The third kappa shape index (κ3) is 4.45. The van der Waals surface area contributed by atoms with Gasteiger partial charge in [-0.3, -0.25) is 14.5 Å². The van der Waals surface area contributed by atoms with Gasteiger partial charge in [0, 0.05) is 48.8 Å². The third-order valence-electron chi connectivity index (χ3n) is 6.45. The van der Waals surface area contributed by atoms with E-state index in [1.165, 1.54) is 0 Å². The summed E-state index contributed by atoms with van der Waals surface area (Å²) in [6, 6.07) is 27.8. The largest absolute Gasteiger partial charge is 0.360 e. The summed E-state index contributed by atoms with van der Waals surface area (Å²) in [6.07, 6.45) is 1.80. The average molecular weight is 438 g/mol. The first kappa shape index (κ1) is 21.2. The highest BCUT2D eigenvalue weighted by atomic mass is 16.2. The number of piperazine rings is 1. The van der Waals surface area contributed by atoms with Crippen LogP contribution in [0.1, 0.15) is 27.4 Å². The van der Waals surface area contributed by atoms with E-state index in [1.807, 2.05) is 89.8 Å². The fourth-order valence-electron chi connectivity index (χ4n) is 4.67. The minimum absolute atomic E-state index is 0.110. The Morgan fingerprint density at radius 2 is 1.33 bits per heavy atom. The molecule has 1 aromatic heterocycles. The SMILES string of the molecule is O=C(CN1CCN(C(=O)C(c2ccccc2)c2ccccc2)CC1)c1c[nH]c2ccccc12. The van der Waals surface area contributed by atoms with Gasteiger partial charge in [0.05, 0.1) is 12.5 Å². The molecule has 1 saturated heterocycles. The average Bonchev–Trinajstić information content (AvgIpc) is 3.30. The topological polar surface area (TPSA) is 56.4 Å². The summed E-state index contributed by atoms with van der Waals surface area (Å²) in [5.74, 6) is -0.0829. The van der Waals surface area contributed by atoms with E-state index in [0.29, 0.717) is 32.7 Å². The number of aromatic amines is 1. The number of aromatic nitrogens is 1. The Balaban J connectivity index is 1.26. The highest BCUT2D eigenvalue weighted by molar-refractivity contribution is 6.08. The maximum Gasteiger partial charge on any atom is 0.234 e. The summed E-state index contributed by atoms with van der Waals surface area (Å²) in [5.41, 5.74) is 3.72. The second kappa shape index (κ2) is 9.43. The molecule has 2 heterocycles. The van der Waals surface area contributed by atoms with Crippen LogP contribution in [0.4, 0.5) is 0 Å². The van der Waals surface area contributed by atoms with Gasteiger partial charge in [-0.25, -0.2) is 0 Å². The zero-order valence-electron chi connectivity index (χ0n) is 18.5. The van der Waals surface area contributed by atoms with Crippen LogP contribution < -0.4 is 0 Å². The van der Waals surface area contributed by atoms with Crippen LogP contribution >= 0.6 is 0 Å². The molecule has 5 heteroatoms. The number of Topliss-reactive ketones (excluding diaryl/α,β-unsaturated/α-hetero) is 1. The highest BCUT2D eigenvalue weighted by Gasteiger charge is 2.30. The van der Waals surface area contributed by atoms with Crippen LogP contribution in [-0.4, -0.2) is 59.2 Å². The predicted molar refractivity (Wildman–Crippen MR) is 130 cm³/mol. The number of benzene rings is 3. The van der Waals surface area contributed by atoms with Crippen LogP contribution in [0.15, 0.2) is 91.1 Å². The summed E-state index contributed by atoms with van der Waals surface area (Å²) in [7, 11) is 0. The molecule has 0 radical (unpaired) electrons. The zero-order valence-corrected chi connectivity index (χ0v) is 18.5. The molecule has 1 amide bonds. The minimum atomic E-state index is -0.313. The lowest BCUT2D eigenvalue weighted by molar-refractivity contribution is -0.133. The molecule has 0 aliphatic carbocycles. The number of hydrogen-bond acceptors (Lipinski definition) is 3. The van der Waals surface area contributed by atoms with E-state index in [0.717, 1.165) is 27.6 Å². The summed E-state index contributed by atoms with van der Waals surface area (Å²) >= 11 is 0. The molecular formula is C28H27N3O2. The Hall–Kier alpha value is -3.70. The maximum absolute atomic E-state index is 13.6. The molecule has 1 aliphatic rings. The smallest absolute Gasteiger partial charge is 0.234 e. The third-order valence-corrected chi connectivity index (χ3v) is 6.45. The van der Waals surface area contributed by atoms with Crippen molar-refractivity contribution < 1.29 is 9.59 Å². The molecule has 1 aliphatic heterocycles. The van der Waals surface area contributed by atoms with Gasteiger partial charge >= 0.3 is 0 Å². The lowest BCUT2D eigenvalue weighted by Crippen LogP contribution is -2.51. The number of fused-ring (bicyclic) bond motifs is 1. The predicted octanol–water partition coefficient (Wildman–Crippen LogP) is 4.33. The minimum Gasteiger partial charge on any atom is -0.360 e. The van der Waals surface area contributed by atoms with Crippen molar-refractivity contribution in [2.45, 2.75) is 5.92 Å². The molecule has 166 valence electrons. The number of para-hydroxylation sites is 1. The molecule has 5 rings (SSSR count). The van der Waals surface area contributed by atoms with Crippen molar-refractivity contribution in [1.82, 2.24) is 14.8 Å². The summed E-state index contributed by atoms with van der Waals surface area (Å²) in [5, 5.41) is 0.963. The molecule has 0 bridgehead atoms. The van der Waals surface area contributed by atoms with E-state index in [4.69, 9.17) is 0 Å². The number of carbonyl (C=O) groups is 2. The number of nitrogens with zero attached hydrogens (tertiary/aromatic N) is 2. The monoisotopic (exact) mass is 437 g/mol. The molecule has 33 heavy (non-hydrogen) atoms. The Morgan fingerprint density at radius 3 is 1.97 bits per heavy atom. The molecule has 0 spiro atoms. The standard InChI is InChI=1S/C28H27N3O2/c32-26(24-19-29-25-14-8-7-13-23(24)25)20-30-15-17-31(18-16-30)28(33)27(21-9-3-1-4-10-21)22-11-5-2-6-12-22/h1-14,19,27,29H,15-18,20H2. The van der Waals surface area contributed by atoms with Crippen LogP contribution in [0.3, 0.4) is 0 Å². The van der Waals surface area contributed by atoms with Crippen molar-refractivity contribution in [3.63, 3.8) is 0 Å². The Morgan fingerprint density at radius 1 is 0.758 bits per heavy atom. The fourth-order valence-corrected chi connectivity index (χ4v) is 4.67. The van der Waals surface area contributed by atoms with Gasteiger partial charge in [0.2, 0.25) is 5.91 Å². The highest BCUT2D eigenvalue weighted by Crippen LogP contribution is 2.27. The number of ketones is 1. The Kier molecular flexibility index (Phi) is 6.05. The molecular weight excluding hydrogens is 410 g/mol. The molecule has 0 atom stereocenters. The fraction of sp³-hybridized carbons (Fsp3) is 0.214. The summed E-state index contributed by atoms with van der Waals surface area (Å²) in [4.78, 5) is 33.8. The van der Waals surface area contributed by atoms with Gasteiger partial charge in [0.15, 0.2) is 5.78 Å². The van der Waals surface area contributed by atoms with Crippen LogP contribution in [0.5, 0.6) is 0 Å². The summed E-state index contributed by atoms with van der Waals surface area (Å²) < 4.78 is 0. The first-order valence-electron chi connectivity index (χ1n) is 11.4. The molecule has 1 N–H and O–H groups in total. The number of H-pyrrole nitrogens is 1. The van der Waals surface area contributed by atoms with Crippen LogP contribution in [-0.2, 0) is 4.79 Å². The lowest BCUT2D eigenvalue weighted by atomic mass is 9.90. The van der Waals surface area contributed by atoms with E-state index in [1.54, 1.807) is 6.20 Å². The van der Waals surface area contributed by atoms with Crippen molar-refractivity contribution in [2.24, 2.45) is 0 Å². The van der Waals surface area contributed by atoms with E-state index in [2.05, 4.69) is 9.88 Å². The van der Waals surface area contributed by atoms with Crippen molar-refractivity contribution in [1.29, 1.82) is 0 Å². The molecule has 3 aromatic carbocycles. The Bertz CT molecular complexity index is 1200. The lowest BCUT2D eigenvalue weighted by Gasteiger charge is -2.36. The van der Waals surface area contributed by atoms with Crippen LogP contribution in [0.25, 0.3) is 10.9 Å². The van der Waals surface area contributed by atoms with E-state index in [9.17, 15) is 9.59 Å². The van der Waals surface area contributed by atoms with Crippen molar-refractivity contribution >= 4 is 22.6 Å². The van der Waals surface area contributed by atoms with Crippen LogP contribution in [0.2, 0.25) is 0 Å². The summed E-state index contributed by atoms with van der Waals surface area (Å²) in [6.45, 7) is 2.99. The number of hydrogen-bond donors (Lipinski definition) is 1. The number of rotatable bonds is 6.